The summed E-state index contributed by atoms with van der Waals surface area (Å²) in [4.78, 5) is 24.9. The lowest BCUT2D eigenvalue weighted by Gasteiger charge is -2.22. The van der Waals surface area contributed by atoms with Gasteiger partial charge in [0.1, 0.15) is 5.75 Å². The maximum Gasteiger partial charge on any atom is 0.374 e. The van der Waals surface area contributed by atoms with Crippen LogP contribution in [0.15, 0.2) is 82.5 Å². The van der Waals surface area contributed by atoms with Gasteiger partial charge in [-0.2, -0.15) is 5.10 Å². The molecule has 3 aromatic rings. The van der Waals surface area contributed by atoms with Gasteiger partial charge >= 0.3 is 5.97 Å². The summed E-state index contributed by atoms with van der Waals surface area (Å²) in [5.74, 6) is -0.335. The van der Waals surface area contributed by atoms with Gasteiger partial charge in [0.25, 0.3) is 5.91 Å². The van der Waals surface area contributed by atoms with Crippen molar-refractivity contribution in [1.29, 1.82) is 0 Å². The number of carbonyl (C=O) groups is 2. The molecule has 1 amide bonds. The molecule has 7 nitrogen and oxygen atoms in total. The Balaban J connectivity index is 1.55. The third-order valence-electron chi connectivity index (χ3n) is 4.82. The second-order valence-corrected chi connectivity index (χ2v) is 6.70. The van der Waals surface area contributed by atoms with E-state index in [0.29, 0.717) is 6.42 Å². The number of furan rings is 1. The van der Waals surface area contributed by atoms with Crippen LogP contribution in [0.1, 0.15) is 34.1 Å². The number of hydrazone groups is 1. The van der Waals surface area contributed by atoms with Gasteiger partial charge in [0.2, 0.25) is 5.76 Å². The number of nitrogens with zero attached hydrogens (tertiary/aromatic N) is 2. The van der Waals surface area contributed by atoms with Gasteiger partial charge in [0.05, 0.1) is 25.1 Å². The van der Waals surface area contributed by atoms with Crippen molar-refractivity contribution >= 4 is 17.6 Å². The number of hydrogen-bond acceptors (Lipinski definition) is 6. The molecule has 152 valence electrons. The molecule has 2 aromatic carbocycles. The number of rotatable bonds is 6. The smallest absolute Gasteiger partial charge is 0.374 e. The molecule has 2 heterocycles. The Hall–Kier alpha value is -3.87. The zero-order valence-electron chi connectivity index (χ0n) is 16.4. The zero-order chi connectivity index (χ0) is 20.9. The van der Waals surface area contributed by atoms with Crippen molar-refractivity contribution in [3.8, 4) is 5.75 Å². The molecular formula is C23H20N2O5. The number of methoxy groups -OCH3 is 1. The van der Waals surface area contributed by atoms with E-state index in [1.165, 1.54) is 17.3 Å². The molecule has 0 N–H and O–H groups in total. The van der Waals surface area contributed by atoms with Crippen molar-refractivity contribution in [3.63, 3.8) is 0 Å². The maximum atomic E-state index is 12.9. The van der Waals surface area contributed by atoms with E-state index < -0.39 is 18.5 Å². The fourth-order valence-electron chi connectivity index (χ4n) is 3.29. The second-order valence-electron chi connectivity index (χ2n) is 6.70. The van der Waals surface area contributed by atoms with E-state index in [2.05, 4.69) is 5.10 Å². The van der Waals surface area contributed by atoms with Crippen LogP contribution in [0, 0.1) is 0 Å². The number of benzene rings is 2. The molecule has 0 radical (unpaired) electrons. The zero-order valence-corrected chi connectivity index (χ0v) is 16.4. The van der Waals surface area contributed by atoms with Crippen molar-refractivity contribution < 1.29 is 23.5 Å². The molecule has 1 aliphatic heterocycles. The Kier molecular flexibility index (Phi) is 5.61. The maximum absolute atomic E-state index is 12.9. The van der Waals surface area contributed by atoms with Crippen LogP contribution in [-0.4, -0.2) is 36.3 Å². The highest BCUT2D eigenvalue weighted by Gasteiger charge is 2.33. The van der Waals surface area contributed by atoms with Crippen LogP contribution in [0.2, 0.25) is 0 Å². The highest BCUT2D eigenvalue weighted by atomic mass is 16.5. The minimum Gasteiger partial charge on any atom is -0.497 e. The van der Waals surface area contributed by atoms with Gasteiger partial charge in [-0.05, 0) is 35.4 Å². The molecule has 1 aliphatic rings. The topological polar surface area (TPSA) is 81.3 Å². The number of esters is 1. The van der Waals surface area contributed by atoms with E-state index in [-0.39, 0.29) is 11.8 Å². The SMILES string of the molecule is COc1ccc([C@H]2CC(c3ccccc3)=NN2C(=O)COC(=O)c2ccco2)cc1. The molecule has 4 rings (SSSR count). The second kappa shape index (κ2) is 8.65. The molecular weight excluding hydrogens is 384 g/mol. The monoisotopic (exact) mass is 404 g/mol. The summed E-state index contributed by atoms with van der Waals surface area (Å²) < 4.78 is 15.3. The highest BCUT2D eigenvalue weighted by molar-refractivity contribution is 6.03. The predicted octanol–water partition coefficient (Wildman–Crippen LogP) is 3.82. The lowest BCUT2D eigenvalue weighted by Crippen LogP contribution is -2.31. The third kappa shape index (κ3) is 4.10. The standard InChI is InChI=1S/C23H20N2O5/c1-28-18-11-9-17(10-12-18)20-14-19(16-6-3-2-4-7-16)24-25(20)22(26)15-30-23(27)21-8-5-13-29-21/h2-13,20H,14-15H2,1H3/t20-/m1/s1. The van der Waals surface area contributed by atoms with Gasteiger partial charge < -0.3 is 13.9 Å². The lowest BCUT2D eigenvalue weighted by atomic mass is 9.98. The Bertz CT molecular complexity index is 1040. The molecule has 0 unspecified atom stereocenters. The van der Waals surface area contributed by atoms with Gasteiger partial charge in [0, 0.05) is 6.42 Å². The van der Waals surface area contributed by atoms with E-state index in [0.717, 1.165) is 22.6 Å². The van der Waals surface area contributed by atoms with Crippen LogP contribution >= 0.6 is 0 Å². The molecule has 1 aromatic heterocycles. The molecule has 7 heteroatoms. The fourth-order valence-corrected chi connectivity index (χ4v) is 3.29. The summed E-state index contributed by atoms with van der Waals surface area (Å²) in [6.45, 7) is -0.433. The van der Waals surface area contributed by atoms with Crippen LogP contribution in [-0.2, 0) is 9.53 Å². The molecule has 0 bridgehead atoms. The normalized spacial score (nSPS) is 15.6. The van der Waals surface area contributed by atoms with Crippen molar-refractivity contribution in [1.82, 2.24) is 5.01 Å². The first kappa shape index (κ1) is 19.4. The van der Waals surface area contributed by atoms with Gasteiger partial charge in [-0.15, -0.1) is 0 Å². The van der Waals surface area contributed by atoms with E-state index in [9.17, 15) is 9.59 Å². The van der Waals surface area contributed by atoms with Crippen molar-refractivity contribution in [3.05, 3.63) is 89.9 Å². The summed E-state index contributed by atoms with van der Waals surface area (Å²) >= 11 is 0. The van der Waals surface area contributed by atoms with Crippen molar-refractivity contribution in [2.24, 2.45) is 5.10 Å². The predicted molar refractivity (Wildman–Crippen MR) is 109 cm³/mol. The average Bonchev–Trinajstić information content (AvgIpc) is 3.48. The van der Waals surface area contributed by atoms with Crippen molar-refractivity contribution in [2.45, 2.75) is 12.5 Å². The molecule has 30 heavy (non-hydrogen) atoms. The molecule has 0 fully saturated rings. The van der Waals surface area contributed by atoms with E-state index in [4.69, 9.17) is 13.9 Å². The van der Waals surface area contributed by atoms with Crippen LogP contribution < -0.4 is 4.74 Å². The molecule has 0 saturated carbocycles. The number of carbonyl (C=O) groups excluding carboxylic acids is 2. The summed E-state index contributed by atoms with van der Waals surface area (Å²) in [7, 11) is 1.60. The summed E-state index contributed by atoms with van der Waals surface area (Å²) in [6.07, 6.45) is 1.92. The Morgan fingerprint density at radius 2 is 1.83 bits per heavy atom. The van der Waals surface area contributed by atoms with Gasteiger partial charge in [-0.25, -0.2) is 9.80 Å². The lowest BCUT2D eigenvalue weighted by molar-refractivity contribution is -0.136. The largest absolute Gasteiger partial charge is 0.497 e. The number of hydrogen-bond donors (Lipinski definition) is 0. The Morgan fingerprint density at radius 3 is 2.50 bits per heavy atom. The van der Waals surface area contributed by atoms with Crippen LogP contribution in [0.4, 0.5) is 0 Å². The fraction of sp³-hybridized carbons (Fsp3) is 0.174. The Morgan fingerprint density at radius 1 is 1.07 bits per heavy atom. The first-order valence-corrected chi connectivity index (χ1v) is 9.45. The van der Waals surface area contributed by atoms with Crippen LogP contribution in [0.25, 0.3) is 0 Å². The van der Waals surface area contributed by atoms with E-state index in [1.54, 1.807) is 13.2 Å². The first-order chi connectivity index (χ1) is 14.7. The van der Waals surface area contributed by atoms with Crippen molar-refractivity contribution in [2.75, 3.05) is 13.7 Å². The summed E-state index contributed by atoms with van der Waals surface area (Å²) in [5.41, 5.74) is 2.65. The summed E-state index contributed by atoms with van der Waals surface area (Å²) in [5, 5.41) is 5.94. The quantitative estimate of drug-likeness (QED) is 0.584. The van der Waals surface area contributed by atoms with Crippen LogP contribution in [0.5, 0.6) is 5.75 Å². The van der Waals surface area contributed by atoms with Gasteiger partial charge in [-0.3, -0.25) is 4.79 Å². The van der Waals surface area contributed by atoms with Gasteiger partial charge in [-0.1, -0.05) is 42.5 Å². The average molecular weight is 404 g/mol. The molecule has 0 saturated heterocycles. The third-order valence-corrected chi connectivity index (χ3v) is 4.82. The highest BCUT2D eigenvalue weighted by Crippen LogP contribution is 2.33. The summed E-state index contributed by atoms with van der Waals surface area (Å²) in [6, 6.07) is 19.9. The molecule has 0 aliphatic carbocycles. The van der Waals surface area contributed by atoms with Crippen LogP contribution in [0.3, 0.4) is 0 Å². The molecule has 0 spiro atoms. The number of ether oxygens (including phenoxy) is 2. The van der Waals surface area contributed by atoms with E-state index >= 15 is 0 Å². The van der Waals surface area contributed by atoms with E-state index in [1.807, 2.05) is 54.6 Å². The minimum absolute atomic E-state index is 0.0457. The Labute approximate surface area is 173 Å². The molecule has 1 atom stereocenters. The van der Waals surface area contributed by atoms with Gasteiger partial charge in [0.15, 0.2) is 6.61 Å². The first-order valence-electron chi connectivity index (χ1n) is 9.45. The number of amides is 1. The minimum atomic E-state index is -0.694.